The molecule has 0 saturated heterocycles. The third-order valence-corrected chi connectivity index (χ3v) is 12.1. The second-order valence-corrected chi connectivity index (χ2v) is 16.8. The van der Waals surface area contributed by atoms with Gasteiger partial charge in [0.05, 0.1) is 30.3 Å². The van der Waals surface area contributed by atoms with Gasteiger partial charge in [0.25, 0.3) is 10.1 Å². The van der Waals surface area contributed by atoms with Gasteiger partial charge in [-0.2, -0.15) is 8.42 Å². The summed E-state index contributed by atoms with van der Waals surface area (Å²) in [5, 5.41) is 30.1. The van der Waals surface area contributed by atoms with Gasteiger partial charge >= 0.3 is 11.9 Å². The molecule has 0 radical (unpaired) electrons. The molecule has 2 aliphatic carbocycles. The number of aliphatic hydroxyl groups excluding tert-OH is 3. The SMILES string of the molecule is CC(=O)O[C@H]1c2cc(F)ccc2Cc2ccccc2[C@H]1C[C@@H](O)CO.CC(=O)O[C@H]1c2cc(F)ccc2Cc2ccccc2[C@H]1C[C@@H](O)COS(=O)(=O)c1ccc(C)cc1. The number of aliphatic hydroxyl groups is 3. The highest BCUT2D eigenvalue weighted by atomic mass is 32.2. The van der Waals surface area contributed by atoms with E-state index in [-0.39, 0.29) is 30.3 Å². The molecule has 0 fully saturated rings. The fraction of sp³-hybridized carbons (Fsp3) is 0.319. The average molecular weight is 843 g/mol. The second kappa shape index (κ2) is 19.4. The molecule has 7 rings (SSSR count). The van der Waals surface area contributed by atoms with Crippen LogP contribution in [0.4, 0.5) is 8.78 Å². The molecule has 0 saturated carbocycles. The summed E-state index contributed by atoms with van der Waals surface area (Å²) in [5.74, 6) is -2.78. The molecule has 0 unspecified atom stereocenters. The van der Waals surface area contributed by atoms with Gasteiger partial charge in [0.15, 0.2) is 0 Å². The van der Waals surface area contributed by atoms with Gasteiger partial charge in [0.2, 0.25) is 0 Å². The molecule has 0 bridgehead atoms. The van der Waals surface area contributed by atoms with Crippen LogP contribution in [0.5, 0.6) is 0 Å². The van der Waals surface area contributed by atoms with E-state index in [4.69, 9.17) is 13.7 Å². The van der Waals surface area contributed by atoms with E-state index in [2.05, 4.69) is 0 Å². The van der Waals surface area contributed by atoms with Crippen molar-refractivity contribution in [2.24, 2.45) is 0 Å². The van der Waals surface area contributed by atoms with Crippen molar-refractivity contribution < 1.29 is 55.8 Å². The van der Waals surface area contributed by atoms with Crippen molar-refractivity contribution in [2.45, 2.75) is 87.6 Å². The fourth-order valence-corrected chi connectivity index (χ4v) is 9.03. The molecule has 316 valence electrons. The summed E-state index contributed by atoms with van der Waals surface area (Å²) >= 11 is 0. The predicted molar refractivity (Wildman–Crippen MR) is 218 cm³/mol. The lowest BCUT2D eigenvalue weighted by molar-refractivity contribution is -0.149. The lowest BCUT2D eigenvalue weighted by Crippen LogP contribution is -2.26. The van der Waals surface area contributed by atoms with Crippen LogP contribution in [0.25, 0.3) is 0 Å². The van der Waals surface area contributed by atoms with E-state index in [0.29, 0.717) is 24.0 Å². The lowest BCUT2D eigenvalue weighted by atomic mass is 9.84. The Kier molecular flexibility index (Phi) is 14.3. The van der Waals surface area contributed by atoms with Crippen molar-refractivity contribution in [3.8, 4) is 0 Å². The summed E-state index contributed by atoms with van der Waals surface area (Å²) in [6.45, 7) is 3.57. The maximum atomic E-state index is 14.2. The van der Waals surface area contributed by atoms with Crippen molar-refractivity contribution in [1.29, 1.82) is 0 Å². The Labute approximate surface area is 348 Å². The van der Waals surface area contributed by atoms with Gasteiger partial charge < -0.3 is 24.8 Å². The standard InChI is InChI=1S/C27H27FO6S.C20H21FO4/c1-17-7-11-23(12-8-17)35(31,32)33-16-22(30)15-26-24-6-4-3-5-19(24)13-20-9-10-21(28)14-25(20)27(26)34-18(2)29;1-12(23)25-20-18-9-15(21)7-6-14(18)8-13-4-2-3-5-17(13)19(20)10-16(24)11-22/h3-12,14,22,26-27,30H,13,15-16H2,1-2H3;2-7,9,16,19-20,22,24H,8,10-11H2,1H3/t22-,26-,27+;16-,19-,20+/m11/s1. The van der Waals surface area contributed by atoms with E-state index in [9.17, 15) is 42.1 Å². The van der Waals surface area contributed by atoms with Gasteiger partial charge in [-0.15, -0.1) is 0 Å². The van der Waals surface area contributed by atoms with Crippen molar-refractivity contribution in [3.63, 3.8) is 0 Å². The Morgan fingerprint density at radius 3 is 1.53 bits per heavy atom. The van der Waals surface area contributed by atoms with Gasteiger partial charge in [-0.1, -0.05) is 78.4 Å². The molecule has 0 amide bonds. The quantitative estimate of drug-likeness (QED) is 0.0902. The number of hydrogen-bond donors (Lipinski definition) is 3. The van der Waals surface area contributed by atoms with Crippen LogP contribution >= 0.6 is 0 Å². The minimum Gasteiger partial charge on any atom is -0.457 e. The summed E-state index contributed by atoms with van der Waals surface area (Å²) in [6, 6.07) is 30.4. The second-order valence-electron chi connectivity index (χ2n) is 15.2. The number of benzene rings is 5. The number of rotatable bonds is 11. The summed E-state index contributed by atoms with van der Waals surface area (Å²) < 4.78 is 69.6. The number of carbonyl (C=O) groups excluding carboxylic acids is 2. The molecule has 10 nitrogen and oxygen atoms in total. The zero-order valence-electron chi connectivity index (χ0n) is 33.5. The third kappa shape index (κ3) is 10.7. The highest BCUT2D eigenvalue weighted by Crippen LogP contribution is 2.46. The van der Waals surface area contributed by atoms with Crippen LogP contribution in [0.1, 0.15) is 101 Å². The molecule has 0 aromatic heterocycles. The Morgan fingerprint density at radius 1 is 0.650 bits per heavy atom. The molecule has 5 aromatic rings. The van der Waals surface area contributed by atoms with Crippen molar-refractivity contribution in [3.05, 3.63) is 171 Å². The van der Waals surface area contributed by atoms with Gasteiger partial charge in [-0.25, -0.2) is 8.78 Å². The normalized spacial score (nSPS) is 19.0. The molecular formula is C47H48F2O10S. The van der Waals surface area contributed by atoms with Crippen LogP contribution in [0, 0.1) is 18.6 Å². The average Bonchev–Trinajstić information content (AvgIpc) is 3.41. The zero-order valence-corrected chi connectivity index (χ0v) is 34.3. The molecule has 0 spiro atoms. The van der Waals surface area contributed by atoms with E-state index in [1.54, 1.807) is 24.3 Å². The Bertz CT molecular complexity index is 2420. The zero-order chi connectivity index (χ0) is 43.1. The van der Waals surface area contributed by atoms with Crippen LogP contribution in [-0.4, -0.2) is 61.1 Å². The van der Waals surface area contributed by atoms with Crippen LogP contribution < -0.4 is 0 Å². The number of halogens is 2. The fourth-order valence-electron chi connectivity index (χ4n) is 8.09. The molecule has 0 aliphatic heterocycles. The van der Waals surface area contributed by atoms with Crippen molar-refractivity contribution in [2.75, 3.05) is 13.2 Å². The first-order valence-electron chi connectivity index (χ1n) is 19.6. The highest BCUT2D eigenvalue weighted by molar-refractivity contribution is 7.86. The molecule has 2 aliphatic rings. The van der Waals surface area contributed by atoms with Crippen LogP contribution in [-0.2, 0) is 46.2 Å². The molecule has 0 heterocycles. The molecule has 5 aromatic carbocycles. The van der Waals surface area contributed by atoms with Crippen LogP contribution in [0.3, 0.4) is 0 Å². The minimum atomic E-state index is -4.06. The van der Waals surface area contributed by atoms with Gasteiger partial charge in [0, 0.05) is 25.7 Å². The summed E-state index contributed by atoms with van der Waals surface area (Å²) in [6.07, 6.45) is -2.37. The molecule has 13 heteroatoms. The minimum absolute atomic E-state index is 0.00250. The van der Waals surface area contributed by atoms with E-state index in [1.165, 1.54) is 50.2 Å². The first kappa shape index (κ1) is 44.2. The number of esters is 2. The van der Waals surface area contributed by atoms with Gasteiger partial charge in [-0.05, 0) is 114 Å². The van der Waals surface area contributed by atoms with Crippen molar-refractivity contribution >= 4 is 22.1 Å². The van der Waals surface area contributed by atoms with Gasteiger partial charge in [-0.3, -0.25) is 13.8 Å². The molecule has 3 N–H and O–H groups in total. The Hall–Kier alpha value is -5.31. The lowest BCUT2D eigenvalue weighted by Gasteiger charge is -2.29. The monoisotopic (exact) mass is 842 g/mol. The first-order chi connectivity index (χ1) is 28.6. The van der Waals surface area contributed by atoms with E-state index >= 15 is 0 Å². The number of fused-ring (bicyclic) bond motifs is 4. The maximum Gasteiger partial charge on any atom is 0.303 e. The van der Waals surface area contributed by atoms with E-state index in [0.717, 1.165) is 38.9 Å². The number of aryl methyl sites for hydroxylation is 1. The number of hydrogen-bond acceptors (Lipinski definition) is 10. The first-order valence-corrected chi connectivity index (χ1v) is 21.0. The smallest absolute Gasteiger partial charge is 0.303 e. The highest BCUT2D eigenvalue weighted by Gasteiger charge is 2.37. The number of carbonyl (C=O) groups is 2. The molecule has 6 atom stereocenters. The summed E-state index contributed by atoms with van der Waals surface area (Å²) in [5.41, 5.74) is 7.54. The maximum absolute atomic E-state index is 14.2. The molecule has 60 heavy (non-hydrogen) atoms. The summed E-state index contributed by atoms with van der Waals surface area (Å²) in [7, 11) is -4.06. The van der Waals surface area contributed by atoms with E-state index in [1.807, 2.05) is 55.5 Å². The van der Waals surface area contributed by atoms with Crippen molar-refractivity contribution in [1.82, 2.24) is 0 Å². The number of ether oxygens (including phenoxy) is 2. The third-order valence-electron chi connectivity index (χ3n) is 10.8. The van der Waals surface area contributed by atoms with Crippen LogP contribution in [0.2, 0.25) is 0 Å². The predicted octanol–water partition coefficient (Wildman–Crippen LogP) is 7.44. The summed E-state index contributed by atoms with van der Waals surface area (Å²) in [4.78, 5) is 23.7. The Balaban J connectivity index is 0.000000213. The van der Waals surface area contributed by atoms with E-state index < -0.39 is 70.6 Å². The topological polar surface area (TPSA) is 157 Å². The Morgan fingerprint density at radius 2 is 1.08 bits per heavy atom. The van der Waals surface area contributed by atoms with Gasteiger partial charge in [0.1, 0.15) is 23.8 Å². The molecular weight excluding hydrogens is 795 g/mol. The largest absolute Gasteiger partial charge is 0.457 e. The van der Waals surface area contributed by atoms with Crippen LogP contribution in [0.15, 0.2) is 114 Å².